The van der Waals surface area contributed by atoms with Crippen LogP contribution < -0.4 is 10.6 Å². The van der Waals surface area contributed by atoms with E-state index >= 15 is 0 Å². The van der Waals surface area contributed by atoms with Crippen LogP contribution in [0.3, 0.4) is 0 Å². The van der Waals surface area contributed by atoms with Crippen LogP contribution in [0.4, 0.5) is 11.5 Å². The maximum atomic E-state index is 4.08. The molecule has 2 heterocycles. The molecule has 0 unspecified atom stereocenters. The zero-order chi connectivity index (χ0) is 7.68. The Morgan fingerprint density at radius 1 is 1.58 bits per heavy atom. The van der Waals surface area contributed by atoms with Gasteiger partial charge in [0.15, 0.2) is 5.82 Å². The van der Waals surface area contributed by atoms with Crippen LogP contribution in [-0.4, -0.2) is 22.6 Å². The quantitative estimate of drug-likeness (QED) is 0.638. The van der Waals surface area contributed by atoms with E-state index in [9.17, 15) is 0 Å². The van der Waals surface area contributed by atoms with Crippen molar-refractivity contribution in [3.63, 3.8) is 0 Å². The maximum Gasteiger partial charge on any atom is 0.153 e. The van der Waals surface area contributed by atoms with Crippen molar-refractivity contribution in [2.45, 2.75) is 13.0 Å². The molecule has 12 heavy (non-hydrogen) atoms. The van der Waals surface area contributed by atoms with Crippen molar-refractivity contribution in [1.29, 1.82) is 0 Å². The second kappa shape index (κ2) is 3.58. The van der Waals surface area contributed by atoms with E-state index < -0.39 is 0 Å². The summed E-state index contributed by atoms with van der Waals surface area (Å²) in [6.07, 6.45) is 3.33. The highest BCUT2D eigenvalue weighted by atomic mass is 35.5. The molecule has 0 saturated carbocycles. The van der Waals surface area contributed by atoms with Crippen LogP contribution >= 0.6 is 12.4 Å². The van der Waals surface area contributed by atoms with Gasteiger partial charge in [0.05, 0.1) is 11.9 Å². The molecule has 1 aliphatic heterocycles. The zero-order valence-electron chi connectivity index (χ0n) is 6.74. The summed E-state index contributed by atoms with van der Waals surface area (Å²) >= 11 is 0. The molecule has 0 aliphatic carbocycles. The van der Waals surface area contributed by atoms with Crippen molar-refractivity contribution in [2.75, 3.05) is 17.2 Å². The third-order valence-electron chi connectivity index (χ3n) is 1.69. The third-order valence-corrected chi connectivity index (χ3v) is 1.69. The number of nitrogens with zero attached hydrogens (tertiary/aromatic N) is 2. The van der Waals surface area contributed by atoms with Gasteiger partial charge in [-0.15, -0.1) is 12.4 Å². The number of anilines is 2. The van der Waals surface area contributed by atoms with E-state index in [1.165, 1.54) is 0 Å². The highest BCUT2D eigenvalue weighted by Gasteiger charge is 2.12. The molecule has 0 spiro atoms. The number of fused-ring (bicyclic) bond motifs is 1. The fourth-order valence-electron chi connectivity index (χ4n) is 1.12. The first-order chi connectivity index (χ1) is 5.36. The lowest BCUT2D eigenvalue weighted by atomic mass is 10.2. The Labute approximate surface area is 77.2 Å². The number of hydrogen-bond acceptors (Lipinski definition) is 4. The number of nitrogens with one attached hydrogen (secondary N) is 2. The minimum atomic E-state index is 0. The Hall–Kier alpha value is -1.03. The summed E-state index contributed by atoms with van der Waals surface area (Å²) in [7, 11) is 0. The average molecular weight is 187 g/mol. The van der Waals surface area contributed by atoms with Crippen LogP contribution in [0.1, 0.15) is 6.92 Å². The summed E-state index contributed by atoms with van der Waals surface area (Å²) < 4.78 is 0. The molecule has 2 rings (SSSR count). The van der Waals surface area contributed by atoms with E-state index in [1.807, 2.05) is 0 Å². The van der Waals surface area contributed by atoms with Crippen LogP contribution in [0.2, 0.25) is 0 Å². The molecule has 2 N–H and O–H groups in total. The predicted octanol–water partition coefficient (Wildman–Crippen LogP) is 1.12. The molecule has 0 radical (unpaired) electrons. The van der Waals surface area contributed by atoms with Gasteiger partial charge in [0.1, 0.15) is 6.33 Å². The smallest absolute Gasteiger partial charge is 0.153 e. The van der Waals surface area contributed by atoms with Crippen molar-refractivity contribution in [3.05, 3.63) is 12.5 Å². The van der Waals surface area contributed by atoms with E-state index in [1.54, 1.807) is 12.5 Å². The number of aromatic nitrogens is 2. The van der Waals surface area contributed by atoms with E-state index in [4.69, 9.17) is 0 Å². The van der Waals surface area contributed by atoms with Crippen molar-refractivity contribution in [3.8, 4) is 0 Å². The molecule has 1 aromatic rings. The molecule has 5 heteroatoms. The van der Waals surface area contributed by atoms with Gasteiger partial charge in [-0.1, -0.05) is 0 Å². The van der Waals surface area contributed by atoms with Crippen molar-refractivity contribution >= 4 is 23.9 Å². The fourth-order valence-corrected chi connectivity index (χ4v) is 1.12. The topological polar surface area (TPSA) is 49.8 Å². The molecule has 1 atom stereocenters. The van der Waals surface area contributed by atoms with Crippen LogP contribution in [-0.2, 0) is 0 Å². The first-order valence-electron chi connectivity index (χ1n) is 3.66. The van der Waals surface area contributed by atoms with Gasteiger partial charge in [-0.05, 0) is 6.92 Å². The molecule has 0 aromatic carbocycles. The van der Waals surface area contributed by atoms with Gasteiger partial charge in [-0.2, -0.15) is 0 Å². The summed E-state index contributed by atoms with van der Waals surface area (Å²) in [6, 6.07) is 0.442. The molecule has 0 bridgehead atoms. The minimum absolute atomic E-state index is 0. The SMILES string of the molecule is C[C@@H]1CNc2cncnc2N1.Cl. The molecule has 1 aliphatic rings. The Bertz CT molecular complexity index is 265. The van der Waals surface area contributed by atoms with Crippen LogP contribution in [0.5, 0.6) is 0 Å². The Morgan fingerprint density at radius 3 is 3.25 bits per heavy atom. The van der Waals surface area contributed by atoms with Gasteiger partial charge in [0.25, 0.3) is 0 Å². The molecule has 1 aromatic heterocycles. The van der Waals surface area contributed by atoms with E-state index in [2.05, 4.69) is 27.5 Å². The van der Waals surface area contributed by atoms with Gasteiger partial charge >= 0.3 is 0 Å². The first-order valence-corrected chi connectivity index (χ1v) is 3.66. The highest BCUT2D eigenvalue weighted by Crippen LogP contribution is 2.20. The number of hydrogen-bond donors (Lipinski definition) is 2. The molecule has 4 nitrogen and oxygen atoms in total. The summed E-state index contributed by atoms with van der Waals surface area (Å²) in [5.74, 6) is 0.902. The first kappa shape index (κ1) is 9.06. The molecule has 0 saturated heterocycles. The van der Waals surface area contributed by atoms with Crippen molar-refractivity contribution < 1.29 is 0 Å². The third kappa shape index (κ3) is 1.58. The fraction of sp³-hybridized carbons (Fsp3) is 0.429. The van der Waals surface area contributed by atoms with Gasteiger partial charge < -0.3 is 10.6 Å². The monoisotopic (exact) mass is 186 g/mol. The Morgan fingerprint density at radius 2 is 2.42 bits per heavy atom. The largest absolute Gasteiger partial charge is 0.379 e. The summed E-state index contributed by atoms with van der Waals surface area (Å²) in [5.41, 5.74) is 0.991. The van der Waals surface area contributed by atoms with Crippen LogP contribution in [0, 0.1) is 0 Å². The van der Waals surface area contributed by atoms with Gasteiger partial charge in [0.2, 0.25) is 0 Å². The van der Waals surface area contributed by atoms with Crippen molar-refractivity contribution in [2.24, 2.45) is 0 Å². The summed E-state index contributed by atoms with van der Waals surface area (Å²) in [6.45, 7) is 3.04. The van der Waals surface area contributed by atoms with Crippen LogP contribution in [0.25, 0.3) is 0 Å². The average Bonchev–Trinajstić information content (AvgIpc) is 2.04. The summed E-state index contributed by atoms with van der Waals surface area (Å²) in [4.78, 5) is 7.99. The standard InChI is InChI=1S/C7H10N4.ClH/c1-5-2-9-6-3-8-4-10-7(6)11-5;/h3-5,9H,2H2,1H3,(H,8,10,11);1H/t5-;/m1./s1. The lowest BCUT2D eigenvalue weighted by molar-refractivity contribution is 0.804. The zero-order valence-corrected chi connectivity index (χ0v) is 7.56. The molecular weight excluding hydrogens is 176 g/mol. The van der Waals surface area contributed by atoms with Crippen LogP contribution in [0.15, 0.2) is 12.5 Å². The molecule has 0 amide bonds. The Kier molecular flexibility index (Phi) is 2.70. The van der Waals surface area contributed by atoms with Gasteiger partial charge in [-0.3, -0.25) is 0 Å². The Balaban J connectivity index is 0.000000720. The second-order valence-corrected chi connectivity index (χ2v) is 2.71. The maximum absolute atomic E-state index is 4.08. The van der Waals surface area contributed by atoms with E-state index in [0.29, 0.717) is 6.04 Å². The van der Waals surface area contributed by atoms with E-state index in [0.717, 1.165) is 18.1 Å². The van der Waals surface area contributed by atoms with E-state index in [-0.39, 0.29) is 12.4 Å². The highest BCUT2D eigenvalue weighted by molar-refractivity contribution is 5.85. The normalized spacial score (nSPS) is 19.6. The lowest BCUT2D eigenvalue weighted by Gasteiger charge is -2.23. The second-order valence-electron chi connectivity index (χ2n) is 2.71. The van der Waals surface area contributed by atoms with Gasteiger partial charge in [0, 0.05) is 12.6 Å². The molecule has 0 fully saturated rings. The molecule has 66 valence electrons. The van der Waals surface area contributed by atoms with Crippen molar-refractivity contribution in [1.82, 2.24) is 9.97 Å². The summed E-state index contributed by atoms with van der Waals surface area (Å²) in [5, 5.41) is 6.47. The number of halogens is 1. The lowest BCUT2D eigenvalue weighted by Crippen LogP contribution is -2.30. The van der Waals surface area contributed by atoms with Gasteiger partial charge in [-0.25, -0.2) is 9.97 Å². The predicted molar refractivity (Wildman–Crippen MR) is 50.9 cm³/mol. The minimum Gasteiger partial charge on any atom is -0.379 e. The molecular formula is C7H11ClN4. The number of rotatable bonds is 0.